The number of aliphatic carboxylic acids is 1. The van der Waals surface area contributed by atoms with Crippen molar-refractivity contribution in [3.05, 3.63) is 131 Å². The van der Waals surface area contributed by atoms with E-state index < -0.39 is 23.6 Å². The Balaban J connectivity index is 1.08. The molecule has 0 saturated heterocycles. The summed E-state index contributed by atoms with van der Waals surface area (Å²) in [5.41, 5.74) is 13.0. The lowest BCUT2D eigenvalue weighted by molar-refractivity contribution is -0.146. The number of nitrogens with one attached hydrogen (secondary N) is 1. The number of allylic oxidation sites excluding steroid dienone is 1. The highest BCUT2D eigenvalue weighted by Crippen LogP contribution is 2.48. The minimum absolute atomic E-state index is 0.00104. The zero-order valence-electron chi connectivity index (χ0n) is 41.1. The van der Waals surface area contributed by atoms with Crippen LogP contribution >= 0.6 is 0 Å². The number of nitrogens with two attached hydrogens (primary N) is 1. The number of anilines is 1. The Morgan fingerprint density at radius 3 is 2.33 bits per heavy atom. The maximum absolute atomic E-state index is 12.8. The van der Waals surface area contributed by atoms with Gasteiger partial charge in [0.15, 0.2) is 0 Å². The molecule has 2 aromatic heterocycles. The van der Waals surface area contributed by atoms with Crippen LogP contribution in [0.1, 0.15) is 145 Å². The van der Waals surface area contributed by atoms with Crippen molar-refractivity contribution in [3.63, 3.8) is 0 Å². The summed E-state index contributed by atoms with van der Waals surface area (Å²) in [7, 11) is 0. The zero-order chi connectivity index (χ0) is 49.1. The Kier molecular flexibility index (Phi) is 17.8. The van der Waals surface area contributed by atoms with Crippen LogP contribution in [-0.4, -0.2) is 64.4 Å². The molecular formula is C59H77N3O7. The van der Waals surface area contributed by atoms with Crippen LogP contribution in [0.5, 0.6) is 11.5 Å². The molecule has 5 aromatic rings. The molecule has 0 amide bonds. The number of carboxylic acid groups (broad SMARTS) is 1. The molecule has 8 unspecified atom stereocenters. The molecule has 8 atom stereocenters. The van der Waals surface area contributed by atoms with Gasteiger partial charge in [-0.05, 0) is 134 Å². The molecule has 2 heterocycles. The molecule has 2 aliphatic rings. The normalized spacial score (nSPS) is 22.3. The second kappa shape index (κ2) is 23.9. The largest absolute Gasteiger partial charge is 0.508 e. The van der Waals surface area contributed by atoms with Crippen LogP contribution in [0.3, 0.4) is 0 Å². The standard InChI is InChI=1S/C59H77N3O7/c1-4-5-8-13-39-20-23-45(54(65)31-39)16-11-7-12-17-49(58(67)68)53(64)24-26-59(69)37-42(28-41-25-27-61-56(60)32-41)29-46(59)33-47-34-50(44-14-9-6-10-15-44)57(62-47)52-35-48(63)36-55(66)51(52)30-40-18-21-43(22-19-40)38(2)3/h6,9-10,14-15,18-23,25,27,32,34-36,38-39,42,45-46,49,53-54,62-66,69H,4-5,7-8,11-13,16-17,24,26,28-31,33,37H2,1-3H3,(H2,60,61)(H,67,68). The van der Waals surface area contributed by atoms with Gasteiger partial charge in [0, 0.05) is 47.0 Å². The van der Waals surface area contributed by atoms with E-state index in [0.29, 0.717) is 73.7 Å². The molecule has 2 aliphatic carbocycles. The number of hydrogen-bond donors (Lipinski definition) is 8. The molecule has 370 valence electrons. The number of H-pyrrole nitrogens is 1. The first kappa shape index (κ1) is 51.4. The number of carboxylic acids is 1. The SMILES string of the molecule is CCCCCC1C=CC(CCCCCC(C(=O)O)C(O)CCC2(O)CC(Cc3ccnc(N)c3)CC2Cc2cc(-c3ccccc3)c(-c3cc(O)cc(O)c3Cc3ccc(C(C)C)cc3)[nH]2)C(O)C1. The Hall–Kier alpha value is -5.42. The summed E-state index contributed by atoms with van der Waals surface area (Å²) >= 11 is 0. The van der Waals surface area contributed by atoms with E-state index in [1.165, 1.54) is 30.9 Å². The summed E-state index contributed by atoms with van der Waals surface area (Å²) in [5, 5.41) is 67.9. The highest BCUT2D eigenvalue weighted by Gasteiger charge is 2.46. The van der Waals surface area contributed by atoms with E-state index in [-0.39, 0.29) is 48.2 Å². The van der Waals surface area contributed by atoms with E-state index in [1.54, 1.807) is 12.3 Å². The maximum Gasteiger partial charge on any atom is 0.309 e. The number of aromatic amines is 1. The number of unbranched alkanes of at least 4 members (excludes halogenated alkanes) is 4. The molecule has 0 radical (unpaired) electrons. The van der Waals surface area contributed by atoms with E-state index in [1.807, 2.05) is 42.5 Å². The van der Waals surface area contributed by atoms with Crippen LogP contribution in [-0.2, 0) is 24.1 Å². The highest BCUT2D eigenvalue weighted by atomic mass is 16.4. The van der Waals surface area contributed by atoms with Gasteiger partial charge >= 0.3 is 5.97 Å². The summed E-state index contributed by atoms with van der Waals surface area (Å²) in [5.74, 6) is -0.770. The number of aromatic hydroxyl groups is 2. The number of rotatable bonds is 24. The Labute approximate surface area is 409 Å². The number of phenolic OH excluding ortho intramolecular Hbond substituents is 2. The molecule has 3 aromatic carbocycles. The van der Waals surface area contributed by atoms with Gasteiger partial charge in [-0.3, -0.25) is 4.79 Å². The van der Waals surface area contributed by atoms with Crippen LogP contribution in [0.25, 0.3) is 22.4 Å². The van der Waals surface area contributed by atoms with Gasteiger partial charge in [0.25, 0.3) is 0 Å². The summed E-state index contributed by atoms with van der Waals surface area (Å²) in [4.78, 5) is 20.5. The number of aromatic nitrogens is 2. The van der Waals surface area contributed by atoms with Gasteiger partial charge in [-0.25, -0.2) is 4.98 Å². The van der Waals surface area contributed by atoms with Crippen molar-refractivity contribution < 1.29 is 35.4 Å². The monoisotopic (exact) mass is 940 g/mol. The average molecular weight is 940 g/mol. The summed E-state index contributed by atoms with van der Waals surface area (Å²) in [6.07, 6.45) is 17.0. The fraction of sp³-hybridized carbons (Fsp3) is 0.492. The number of aliphatic hydroxyl groups is 3. The van der Waals surface area contributed by atoms with Gasteiger partial charge in [-0.1, -0.05) is 126 Å². The first-order valence-electron chi connectivity index (χ1n) is 25.8. The summed E-state index contributed by atoms with van der Waals surface area (Å²) < 4.78 is 0. The van der Waals surface area contributed by atoms with Crippen LogP contribution in [0.4, 0.5) is 5.82 Å². The van der Waals surface area contributed by atoms with Gasteiger partial charge in [0.2, 0.25) is 0 Å². The molecule has 9 N–H and O–H groups in total. The number of carbonyl (C=O) groups is 1. The topological polar surface area (TPSA) is 193 Å². The third-order valence-electron chi connectivity index (χ3n) is 15.4. The molecule has 69 heavy (non-hydrogen) atoms. The summed E-state index contributed by atoms with van der Waals surface area (Å²) in [6, 6.07) is 27.4. The van der Waals surface area contributed by atoms with E-state index in [0.717, 1.165) is 65.7 Å². The minimum atomic E-state index is -1.20. The molecule has 7 rings (SSSR count). The lowest BCUT2D eigenvalue weighted by Gasteiger charge is -2.32. The van der Waals surface area contributed by atoms with Crippen molar-refractivity contribution >= 4 is 11.8 Å². The maximum atomic E-state index is 12.8. The van der Waals surface area contributed by atoms with E-state index in [9.17, 15) is 35.4 Å². The predicted molar refractivity (Wildman–Crippen MR) is 276 cm³/mol. The predicted octanol–water partition coefficient (Wildman–Crippen LogP) is 11.9. The van der Waals surface area contributed by atoms with Crippen molar-refractivity contribution in [2.45, 2.75) is 154 Å². The number of phenols is 2. The van der Waals surface area contributed by atoms with Crippen LogP contribution in [0.2, 0.25) is 0 Å². The van der Waals surface area contributed by atoms with Crippen LogP contribution < -0.4 is 5.73 Å². The lowest BCUT2D eigenvalue weighted by Crippen LogP contribution is -2.37. The second-order valence-electron chi connectivity index (χ2n) is 20.9. The molecule has 1 fully saturated rings. The molecule has 10 heteroatoms. The fourth-order valence-electron chi connectivity index (χ4n) is 11.4. The van der Waals surface area contributed by atoms with Crippen molar-refractivity contribution in [3.8, 4) is 33.9 Å². The molecule has 0 aliphatic heterocycles. The van der Waals surface area contributed by atoms with Gasteiger partial charge < -0.3 is 41.4 Å². The first-order chi connectivity index (χ1) is 33.2. The number of hydrogen-bond acceptors (Lipinski definition) is 8. The first-order valence-corrected chi connectivity index (χ1v) is 25.8. The minimum Gasteiger partial charge on any atom is -0.508 e. The van der Waals surface area contributed by atoms with Crippen molar-refractivity contribution in [1.29, 1.82) is 0 Å². The van der Waals surface area contributed by atoms with Gasteiger partial charge in [-0.2, -0.15) is 0 Å². The van der Waals surface area contributed by atoms with Gasteiger partial charge in [0.1, 0.15) is 17.3 Å². The Morgan fingerprint density at radius 1 is 0.855 bits per heavy atom. The van der Waals surface area contributed by atoms with E-state index in [2.05, 4.69) is 73.2 Å². The third-order valence-corrected chi connectivity index (χ3v) is 15.4. The Morgan fingerprint density at radius 2 is 1.62 bits per heavy atom. The molecule has 0 spiro atoms. The van der Waals surface area contributed by atoms with E-state index in [4.69, 9.17) is 5.73 Å². The smallest absolute Gasteiger partial charge is 0.309 e. The molecule has 0 bridgehead atoms. The van der Waals surface area contributed by atoms with Gasteiger partial charge in [-0.15, -0.1) is 0 Å². The van der Waals surface area contributed by atoms with Crippen LogP contribution in [0, 0.1) is 29.6 Å². The van der Waals surface area contributed by atoms with Crippen molar-refractivity contribution in [2.24, 2.45) is 29.6 Å². The fourth-order valence-corrected chi connectivity index (χ4v) is 11.4. The number of nitrogen functional groups attached to an aromatic ring is 1. The highest BCUT2D eigenvalue weighted by molar-refractivity contribution is 5.85. The number of benzene rings is 3. The van der Waals surface area contributed by atoms with Crippen molar-refractivity contribution in [1.82, 2.24) is 9.97 Å². The van der Waals surface area contributed by atoms with Gasteiger partial charge in [0.05, 0.1) is 29.4 Å². The molecular weight excluding hydrogens is 863 g/mol. The average Bonchev–Trinajstić information content (AvgIpc) is 3.88. The summed E-state index contributed by atoms with van der Waals surface area (Å²) in [6.45, 7) is 6.52. The quantitative estimate of drug-likeness (QED) is 0.0220. The number of nitrogens with zero attached hydrogens (tertiary/aromatic N) is 1. The van der Waals surface area contributed by atoms with Crippen LogP contribution in [0.15, 0.2) is 103 Å². The number of aliphatic hydroxyl groups excluding tert-OH is 2. The third kappa shape index (κ3) is 13.7. The molecule has 10 nitrogen and oxygen atoms in total. The number of pyridine rings is 1. The van der Waals surface area contributed by atoms with Crippen molar-refractivity contribution in [2.75, 3.05) is 5.73 Å². The lowest BCUT2D eigenvalue weighted by atomic mass is 9.80. The molecule has 1 saturated carbocycles. The Bertz CT molecular complexity index is 2450. The van der Waals surface area contributed by atoms with E-state index >= 15 is 0 Å². The second-order valence-corrected chi connectivity index (χ2v) is 20.9. The zero-order valence-corrected chi connectivity index (χ0v) is 41.1.